The summed E-state index contributed by atoms with van der Waals surface area (Å²) in [4.78, 5) is 23.8. The molecule has 1 atom stereocenters. The number of hydrogen-bond acceptors (Lipinski definition) is 5. The summed E-state index contributed by atoms with van der Waals surface area (Å²) >= 11 is 1.45. The molecule has 0 aliphatic heterocycles. The Morgan fingerprint density at radius 3 is 2.52 bits per heavy atom. The number of thioether (sulfide) groups is 1. The third-order valence-corrected chi connectivity index (χ3v) is 4.91. The zero-order valence-electron chi connectivity index (χ0n) is 14.5. The zero-order chi connectivity index (χ0) is 18.6. The van der Waals surface area contributed by atoms with E-state index in [4.69, 9.17) is 4.74 Å². The fraction of sp³-hybridized carbons (Fsp3) is 0.278. The first-order valence-electron chi connectivity index (χ1n) is 7.69. The maximum absolute atomic E-state index is 12.4. The Balaban J connectivity index is 2.10. The number of aryl methyl sites for hydroxylation is 2. The van der Waals surface area contributed by atoms with Crippen molar-refractivity contribution in [3.8, 4) is 5.75 Å². The van der Waals surface area contributed by atoms with Gasteiger partial charge in [-0.2, -0.15) is 0 Å². The summed E-state index contributed by atoms with van der Waals surface area (Å²) in [6.45, 7) is 5.89. The SMILES string of the molecule is COc1cc([N+](=O)[O-])ccc1NC(=O)[C@@H](C)Sc1ccc(C)c(C)c1. The lowest BCUT2D eigenvalue weighted by Gasteiger charge is -2.14. The number of ether oxygens (including phenoxy) is 1. The van der Waals surface area contributed by atoms with Crippen molar-refractivity contribution in [3.05, 3.63) is 57.6 Å². The molecule has 6 nitrogen and oxygen atoms in total. The number of nitrogens with one attached hydrogen (secondary N) is 1. The van der Waals surface area contributed by atoms with Crippen LogP contribution in [-0.4, -0.2) is 23.2 Å². The summed E-state index contributed by atoms with van der Waals surface area (Å²) in [5.41, 5.74) is 2.70. The summed E-state index contributed by atoms with van der Waals surface area (Å²) in [7, 11) is 1.40. The molecule has 0 fully saturated rings. The molecule has 2 aromatic carbocycles. The molecule has 0 unspecified atom stereocenters. The van der Waals surface area contributed by atoms with Gasteiger partial charge in [0.05, 0.1) is 29.0 Å². The number of methoxy groups -OCH3 is 1. The van der Waals surface area contributed by atoms with Gasteiger partial charge in [-0.15, -0.1) is 11.8 Å². The average Bonchev–Trinajstić information content (AvgIpc) is 2.58. The number of nitro benzene ring substituents is 1. The Kier molecular flexibility index (Phi) is 6.03. The summed E-state index contributed by atoms with van der Waals surface area (Å²) in [5, 5.41) is 13.3. The second-order valence-corrected chi connectivity index (χ2v) is 7.05. The molecule has 1 N–H and O–H groups in total. The van der Waals surface area contributed by atoms with E-state index in [2.05, 4.69) is 11.4 Å². The molecule has 0 aliphatic rings. The van der Waals surface area contributed by atoms with Gasteiger partial charge >= 0.3 is 0 Å². The molecule has 0 bridgehead atoms. The number of amides is 1. The van der Waals surface area contributed by atoms with E-state index in [1.165, 1.54) is 48.2 Å². The van der Waals surface area contributed by atoms with Crippen LogP contribution in [0.5, 0.6) is 5.75 Å². The van der Waals surface area contributed by atoms with E-state index in [1.54, 1.807) is 0 Å². The molecule has 0 saturated heterocycles. The summed E-state index contributed by atoms with van der Waals surface area (Å²) < 4.78 is 5.14. The second-order valence-electron chi connectivity index (χ2n) is 5.64. The largest absolute Gasteiger partial charge is 0.494 e. The average molecular weight is 360 g/mol. The zero-order valence-corrected chi connectivity index (χ0v) is 15.3. The van der Waals surface area contributed by atoms with E-state index < -0.39 is 4.92 Å². The summed E-state index contributed by atoms with van der Waals surface area (Å²) in [5.74, 6) is 0.0568. The minimum Gasteiger partial charge on any atom is -0.494 e. The lowest BCUT2D eigenvalue weighted by Crippen LogP contribution is -2.22. The number of carbonyl (C=O) groups is 1. The predicted molar refractivity (Wildman–Crippen MR) is 99.5 cm³/mol. The highest BCUT2D eigenvalue weighted by atomic mass is 32.2. The Labute approximate surface area is 150 Å². The number of hydrogen-bond donors (Lipinski definition) is 1. The van der Waals surface area contributed by atoms with Gasteiger partial charge in [0.2, 0.25) is 5.91 Å². The molecule has 0 radical (unpaired) electrons. The molecule has 25 heavy (non-hydrogen) atoms. The van der Waals surface area contributed by atoms with E-state index >= 15 is 0 Å². The molecule has 0 spiro atoms. The lowest BCUT2D eigenvalue weighted by molar-refractivity contribution is -0.384. The molecule has 2 aromatic rings. The van der Waals surface area contributed by atoms with Gasteiger partial charge in [-0.3, -0.25) is 14.9 Å². The van der Waals surface area contributed by atoms with Crippen LogP contribution in [0.1, 0.15) is 18.1 Å². The lowest BCUT2D eigenvalue weighted by atomic mass is 10.1. The van der Waals surface area contributed by atoms with Crippen molar-refractivity contribution < 1.29 is 14.5 Å². The highest BCUT2D eigenvalue weighted by Gasteiger charge is 2.18. The van der Waals surface area contributed by atoms with Crippen LogP contribution in [0.25, 0.3) is 0 Å². The maximum atomic E-state index is 12.4. The number of nitrogens with zero attached hydrogens (tertiary/aromatic N) is 1. The molecule has 2 rings (SSSR count). The monoisotopic (exact) mass is 360 g/mol. The third kappa shape index (κ3) is 4.73. The molecule has 0 heterocycles. The molecule has 0 aromatic heterocycles. The molecular weight excluding hydrogens is 340 g/mol. The van der Waals surface area contributed by atoms with Gasteiger partial charge in [0, 0.05) is 11.0 Å². The Bertz CT molecular complexity index is 808. The molecule has 0 aliphatic carbocycles. The minimum atomic E-state index is -0.508. The Hall–Kier alpha value is -2.54. The first-order chi connectivity index (χ1) is 11.8. The number of benzene rings is 2. The standard InChI is InChI=1S/C18H20N2O4S/c1-11-5-7-15(9-12(11)2)25-13(3)18(21)19-16-8-6-14(20(22)23)10-17(16)24-4/h5-10,13H,1-4H3,(H,19,21)/t13-/m1/s1. The quantitative estimate of drug-likeness (QED) is 0.471. The molecule has 7 heteroatoms. The molecule has 132 valence electrons. The predicted octanol–water partition coefficient (Wildman–Crippen LogP) is 4.34. The van der Waals surface area contributed by atoms with Gasteiger partial charge in [0.25, 0.3) is 5.69 Å². The fourth-order valence-corrected chi connectivity index (χ4v) is 3.14. The summed E-state index contributed by atoms with van der Waals surface area (Å²) in [6, 6.07) is 10.2. The topological polar surface area (TPSA) is 81.5 Å². The molecule has 0 saturated carbocycles. The van der Waals surface area contributed by atoms with E-state index in [-0.39, 0.29) is 22.6 Å². The van der Waals surface area contributed by atoms with Crippen molar-refractivity contribution in [1.82, 2.24) is 0 Å². The van der Waals surface area contributed by atoms with Crippen LogP contribution in [0.4, 0.5) is 11.4 Å². The van der Waals surface area contributed by atoms with E-state index in [0.29, 0.717) is 5.69 Å². The van der Waals surface area contributed by atoms with Crippen LogP contribution in [0.15, 0.2) is 41.3 Å². The molecule has 1 amide bonds. The van der Waals surface area contributed by atoms with Crippen molar-refractivity contribution in [2.75, 3.05) is 12.4 Å². The number of nitro groups is 1. The van der Waals surface area contributed by atoms with Gasteiger partial charge in [0.15, 0.2) is 0 Å². The van der Waals surface area contributed by atoms with Crippen molar-refractivity contribution >= 4 is 29.0 Å². The normalized spacial score (nSPS) is 11.7. The van der Waals surface area contributed by atoms with Crippen LogP contribution in [0.2, 0.25) is 0 Å². The highest BCUT2D eigenvalue weighted by Crippen LogP contribution is 2.31. The number of rotatable bonds is 6. The first-order valence-corrected chi connectivity index (χ1v) is 8.57. The maximum Gasteiger partial charge on any atom is 0.273 e. The van der Waals surface area contributed by atoms with Gasteiger partial charge in [0.1, 0.15) is 5.75 Å². The van der Waals surface area contributed by atoms with Gasteiger partial charge in [-0.1, -0.05) is 6.07 Å². The number of anilines is 1. The van der Waals surface area contributed by atoms with Crippen LogP contribution in [0, 0.1) is 24.0 Å². The minimum absolute atomic E-state index is 0.0904. The van der Waals surface area contributed by atoms with Crippen molar-refractivity contribution in [2.45, 2.75) is 30.9 Å². The highest BCUT2D eigenvalue weighted by molar-refractivity contribution is 8.00. The van der Waals surface area contributed by atoms with Gasteiger partial charge in [-0.05, 0) is 50.1 Å². The molecular formula is C18H20N2O4S. The van der Waals surface area contributed by atoms with Crippen LogP contribution in [0.3, 0.4) is 0 Å². The second kappa shape index (κ2) is 8.02. The Morgan fingerprint density at radius 1 is 1.20 bits per heavy atom. The van der Waals surface area contributed by atoms with Crippen LogP contribution in [-0.2, 0) is 4.79 Å². The number of carbonyl (C=O) groups excluding carboxylic acids is 1. The summed E-state index contributed by atoms with van der Waals surface area (Å²) in [6.07, 6.45) is 0. The Morgan fingerprint density at radius 2 is 1.92 bits per heavy atom. The first kappa shape index (κ1) is 18.8. The van der Waals surface area contributed by atoms with Crippen molar-refractivity contribution in [2.24, 2.45) is 0 Å². The third-order valence-electron chi connectivity index (χ3n) is 3.81. The van der Waals surface area contributed by atoms with Gasteiger partial charge < -0.3 is 10.1 Å². The van der Waals surface area contributed by atoms with E-state index in [9.17, 15) is 14.9 Å². The van der Waals surface area contributed by atoms with Crippen molar-refractivity contribution in [3.63, 3.8) is 0 Å². The fourth-order valence-electron chi connectivity index (χ4n) is 2.18. The van der Waals surface area contributed by atoms with Crippen LogP contribution < -0.4 is 10.1 Å². The number of non-ortho nitro benzene ring substituents is 1. The van der Waals surface area contributed by atoms with Gasteiger partial charge in [-0.25, -0.2) is 0 Å². The van der Waals surface area contributed by atoms with E-state index in [0.717, 1.165) is 4.90 Å². The smallest absolute Gasteiger partial charge is 0.273 e. The van der Waals surface area contributed by atoms with E-state index in [1.807, 2.05) is 32.9 Å². The van der Waals surface area contributed by atoms with Crippen molar-refractivity contribution in [1.29, 1.82) is 0 Å². The van der Waals surface area contributed by atoms with Crippen LogP contribution >= 0.6 is 11.8 Å².